The van der Waals surface area contributed by atoms with Crippen LogP contribution in [-0.2, 0) is 13.6 Å². The quantitative estimate of drug-likeness (QED) is 0.900. The number of benzene rings is 1. The maximum absolute atomic E-state index is 4.32. The molecule has 0 saturated heterocycles. The van der Waals surface area contributed by atoms with Gasteiger partial charge in [-0.1, -0.05) is 51.1 Å². The van der Waals surface area contributed by atoms with Crippen molar-refractivity contribution in [2.45, 2.75) is 46.7 Å². The highest BCUT2D eigenvalue weighted by atomic mass is 15.3. The number of hydrogen-bond donors (Lipinski definition) is 1. The minimum absolute atomic E-state index is 0.289. The summed E-state index contributed by atoms with van der Waals surface area (Å²) < 4.78 is 1.93. The molecule has 0 saturated carbocycles. The molecule has 1 aromatic heterocycles. The van der Waals surface area contributed by atoms with Crippen molar-refractivity contribution in [3.05, 3.63) is 53.3 Å². The number of nitrogens with one attached hydrogen (secondary N) is 1. The molecule has 1 N–H and O–H groups in total. The zero-order valence-corrected chi connectivity index (χ0v) is 13.9. The van der Waals surface area contributed by atoms with Crippen molar-refractivity contribution in [1.82, 2.24) is 15.1 Å². The fraction of sp³-hybridized carbons (Fsp3) is 0.500. The van der Waals surface area contributed by atoms with Gasteiger partial charge in [0.15, 0.2) is 0 Å². The molecule has 2 rings (SSSR count). The summed E-state index contributed by atoms with van der Waals surface area (Å²) in [6, 6.07) is 11.1. The van der Waals surface area contributed by atoms with E-state index < -0.39 is 0 Å². The third-order valence-electron chi connectivity index (χ3n) is 3.89. The first-order chi connectivity index (χ1) is 9.87. The molecule has 0 spiro atoms. The van der Waals surface area contributed by atoms with Crippen LogP contribution in [0, 0.1) is 12.3 Å². The molecular formula is C18H27N3. The molecule has 0 aliphatic carbocycles. The van der Waals surface area contributed by atoms with E-state index in [1.165, 1.54) is 16.8 Å². The average Bonchev–Trinajstić information content (AvgIpc) is 2.75. The lowest BCUT2D eigenvalue weighted by Crippen LogP contribution is -2.25. The van der Waals surface area contributed by atoms with Gasteiger partial charge in [-0.15, -0.1) is 0 Å². The van der Waals surface area contributed by atoms with Gasteiger partial charge >= 0.3 is 0 Å². The molecular weight excluding hydrogens is 258 g/mol. The van der Waals surface area contributed by atoms with Crippen molar-refractivity contribution in [2.24, 2.45) is 12.5 Å². The lowest BCUT2D eigenvalue weighted by molar-refractivity contribution is 0.310. The van der Waals surface area contributed by atoms with E-state index in [4.69, 9.17) is 0 Å². The lowest BCUT2D eigenvalue weighted by Gasteiger charge is -2.27. The molecule has 3 nitrogen and oxygen atoms in total. The molecule has 0 aliphatic heterocycles. The minimum atomic E-state index is 0.289. The summed E-state index contributed by atoms with van der Waals surface area (Å²) in [5, 5.41) is 8.03. The van der Waals surface area contributed by atoms with Crippen LogP contribution in [0.25, 0.3) is 0 Å². The highest BCUT2D eigenvalue weighted by Gasteiger charge is 2.20. The normalized spacial score (nSPS) is 13.4. The van der Waals surface area contributed by atoms with E-state index in [-0.39, 0.29) is 5.41 Å². The summed E-state index contributed by atoms with van der Waals surface area (Å²) in [6.07, 6.45) is 3.07. The van der Waals surface area contributed by atoms with Gasteiger partial charge in [0.25, 0.3) is 0 Å². The Morgan fingerprint density at radius 2 is 1.86 bits per heavy atom. The van der Waals surface area contributed by atoms with Crippen molar-refractivity contribution >= 4 is 0 Å². The fourth-order valence-electron chi connectivity index (χ4n) is 2.56. The number of aromatic nitrogens is 2. The van der Waals surface area contributed by atoms with Gasteiger partial charge in [-0.3, -0.25) is 4.68 Å². The van der Waals surface area contributed by atoms with Crippen LogP contribution in [0.15, 0.2) is 36.5 Å². The van der Waals surface area contributed by atoms with Crippen LogP contribution >= 0.6 is 0 Å². The smallest absolute Gasteiger partial charge is 0.0537 e. The standard InChI is InChI=1S/C18H27N3/c1-14-16(13-20-21(14)5)12-19-17(11-18(2,3)4)15-9-7-6-8-10-15/h6-10,13,17,19H,11-12H2,1-5H3. The Bertz CT molecular complexity index is 564. The third kappa shape index (κ3) is 4.43. The second kappa shape index (κ2) is 6.44. The van der Waals surface area contributed by atoms with Crippen LogP contribution in [0.1, 0.15) is 50.1 Å². The molecule has 2 aromatic rings. The number of nitrogens with zero attached hydrogens (tertiary/aromatic N) is 2. The average molecular weight is 285 g/mol. The van der Waals surface area contributed by atoms with E-state index in [1.54, 1.807) is 0 Å². The van der Waals surface area contributed by atoms with Crippen LogP contribution in [0.3, 0.4) is 0 Å². The van der Waals surface area contributed by atoms with Crippen molar-refractivity contribution in [3.63, 3.8) is 0 Å². The molecule has 1 aromatic carbocycles. The van der Waals surface area contributed by atoms with Crippen LogP contribution in [0.5, 0.6) is 0 Å². The van der Waals surface area contributed by atoms with Gasteiger partial charge < -0.3 is 5.32 Å². The van der Waals surface area contributed by atoms with E-state index in [9.17, 15) is 0 Å². The zero-order chi connectivity index (χ0) is 15.5. The Balaban J connectivity index is 2.11. The Kier molecular flexibility index (Phi) is 4.84. The van der Waals surface area contributed by atoms with Crippen LogP contribution in [0.2, 0.25) is 0 Å². The second-order valence-electron chi connectivity index (χ2n) is 6.99. The van der Waals surface area contributed by atoms with Gasteiger partial charge in [-0.05, 0) is 24.3 Å². The summed E-state index contributed by atoms with van der Waals surface area (Å²) >= 11 is 0. The van der Waals surface area contributed by atoms with Crippen molar-refractivity contribution in [3.8, 4) is 0 Å². The minimum Gasteiger partial charge on any atom is -0.306 e. The van der Waals surface area contributed by atoms with Gasteiger partial charge in [-0.25, -0.2) is 0 Å². The topological polar surface area (TPSA) is 29.9 Å². The van der Waals surface area contributed by atoms with Gasteiger partial charge in [0, 0.05) is 30.9 Å². The summed E-state index contributed by atoms with van der Waals surface area (Å²) in [7, 11) is 1.99. The highest BCUT2D eigenvalue weighted by molar-refractivity contribution is 5.21. The Hall–Kier alpha value is -1.61. The predicted molar refractivity (Wildman–Crippen MR) is 88.0 cm³/mol. The number of hydrogen-bond acceptors (Lipinski definition) is 2. The second-order valence-corrected chi connectivity index (χ2v) is 6.99. The molecule has 21 heavy (non-hydrogen) atoms. The summed E-state index contributed by atoms with van der Waals surface area (Å²) in [5.74, 6) is 0. The summed E-state index contributed by atoms with van der Waals surface area (Å²) in [6.45, 7) is 9.85. The monoisotopic (exact) mass is 285 g/mol. The third-order valence-corrected chi connectivity index (χ3v) is 3.89. The summed E-state index contributed by atoms with van der Waals surface area (Å²) in [5.41, 5.74) is 4.14. The predicted octanol–water partition coefficient (Wildman–Crippen LogP) is 4.00. The first-order valence-corrected chi connectivity index (χ1v) is 7.62. The highest BCUT2D eigenvalue weighted by Crippen LogP contribution is 2.29. The van der Waals surface area contributed by atoms with E-state index >= 15 is 0 Å². The molecule has 0 bridgehead atoms. The van der Waals surface area contributed by atoms with Crippen molar-refractivity contribution in [2.75, 3.05) is 0 Å². The molecule has 0 amide bonds. The molecule has 114 valence electrons. The van der Waals surface area contributed by atoms with E-state index in [2.05, 4.69) is 68.4 Å². The lowest BCUT2D eigenvalue weighted by atomic mass is 9.85. The molecule has 0 aliphatic rings. The van der Waals surface area contributed by atoms with E-state index in [0.29, 0.717) is 6.04 Å². The van der Waals surface area contributed by atoms with E-state index in [1.807, 2.05) is 17.9 Å². The Labute approximate surface area is 128 Å². The maximum Gasteiger partial charge on any atom is 0.0537 e. The van der Waals surface area contributed by atoms with Gasteiger partial charge in [0.05, 0.1) is 6.20 Å². The first-order valence-electron chi connectivity index (χ1n) is 7.62. The SMILES string of the molecule is Cc1c(CNC(CC(C)(C)C)c2ccccc2)cnn1C. The fourth-order valence-corrected chi connectivity index (χ4v) is 2.56. The molecule has 1 heterocycles. The van der Waals surface area contributed by atoms with Crippen molar-refractivity contribution < 1.29 is 0 Å². The Morgan fingerprint density at radius 1 is 1.19 bits per heavy atom. The summed E-state index contributed by atoms with van der Waals surface area (Å²) in [4.78, 5) is 0. The molecule has 1 atom stereocenters. The molecule has 1 unspecified atom stereocenters. The van der Waals surface area contributed by atoms with Crippen molar-refractivity contribution in [1.29, 1.82) is 0 Å². The Morgan fingerprint density at radius 3 is 2.38 bits per heavy atom. The first kappa shape index (κ1) is 15.8. The van der Waals surface area contributed by atoms with Gasteiger partial charge in [0.2, 0.25) is 0 Å². The number of aryl methyl sites for hydroxylation is 1. The van der Waals surface area contributed by atoms with Crippen LogP contribution in [0.4, 0.5) is 0 Å². The van der Waals surface area contributed by atoms with Gasteiger partial charge in [0.1, 0.15) is 0 Å². The van der Waals surface area contributed by atoms with E-state index in [0.717, 1.165) is 13.0 Å². The maximum atomic E-state index is 4.32. The molecule has 3 heteroatoms. The zero-order valence-electron chi connectivity index (χ0n) is 13.9. The molecule has 0 fully saturated rings. The largest absolute Gasteiger partial charge is 0.306 e. The van der Waals surface area contributed by atoms with Crippen LogP contribution in [-0.4, -0.2) is 9.78 Å². The van der Waals surface area contributed by atoms with Crippen LogP contribution < -0.4 is 5.32 Å². The number of rotatable bonds is 5. The van der Waals surface area contributed by atoms with Gasteiger partial charge in [-0.2, -0.15) is 5.10 Å². The molecule has 0 radical (unpaired) electrons.